The van der Waals surface area contributed by atoms with E-state index in [4.69, 9.17) is 11.6 Å². The van der Waals surface area contributed by atoms with Gasteiger partial charge in [-0.1, -0.05) is 17.7 Å². The van der Waals surface area contributed by atoms with E-state index in [2.05, 4.69) is 9.97 Å². The topological polar surface area (TPSA) is 25.8 Å². The predicted octanol–water partition coefficient (Wildman–Crippen LogP) is 2.86. The van der Waals surface area contributed by atoms with E-state index in [1.807, 2.05) is 17.5 Å². The molecule has 2 nitrogen and oxygen atoms in total. The Morgan fingerprint density at radius 3 is 3.00 bits per heavy atom. The number of rotatable bonds is 1. The maximum absolute atomic E-state index is 5.90. The Kier molecular flexibility index (Phi) is 2.06. The van der Waals surface area contributed by atoms with Gasteiger partial charge >= 0.3 is 0 Å². The van der Waals surface area contributed by atoms with Gasteiger partial charge in [-0.25, -0.2) is 9.97 Å². The molecule has 0 atom stereocenters. The van der Waals surface area contributed by atoms with Crippen LogP contribution in [0, 0.1) is 0 Å². The third-order valence-electron chi connectivity index (χ3n) is 1.42. The molecule has 0 unspecified atom stereocenters. The van der Waals surface area contributed by atoms with Gasteiger partial charge in [-0.2, -0.15) is 0 Å². The molecule has 4 heteroatoms. The first kappa shape index (κ1) is 7.71. The van der Waals surface area contributed by atoms with Gasteiger partial charge in [0.1, 0.15) is 12.0 Å². The van der Waals surface area contributed by atoms with Crippen LogP contribution in [0.1, 0.15) is 0 Å². The summed E-state index contributed by atoms with van der Waals surface area (Å²) in [6.07, 6.45) is 3.10. The number of aromatic nitrogens is 2. The van der Waals surface area contributed by atoms with Gasteiger partial charge in [-0.05, 0) is 11.4 Å². The highest BCUT2D eigenvalue weighted by Crippen LogP contribution is 2.27. The lowest BCUT2D eigenvalue weighted by Gasteiger charge is -1.96. The molecule has 0 amide bonds. The van der Waals surface area contributed by atoms with Gasteiger partial charge in [-0.15, -0.1) is 11.3 Å². The molecule has 2 aromatic heterocycles. The summed E-state index contributed by atoms with van der Waals surface area (Å²) in [7, 11) is 0. The molecule has 0 spiro atoms. The Hall–Kier alpha value is -0.930. The summed E-state index contributed by atoms with van der Waals surface area (Å²) in [6.45, 7) is 0. The van der Waals surface area contributed by atoms with Crippen molar-refractivity contribution >= 4 is 22.9 Å². The largest absolute Gasteiger partial charge is 0.243 e. The third kappa shape index (κ3) is 1.33. The van der Waals surface area contributed by atoms with Crippen LogP contribution in [0.2, 0.25) is 5.02 Å². The number of halogens is 1. The van der Waals surface area contributed by atoms with Crippen molar-refractivity contribution in [3.63, 3.8) is 0 Å². The second kappa shape index (κ2) is 3.21. The van der Waals surface area contributed by atoms with Crippen molar-refractivity contribution < 1.29 is 0 Å². The van der Waals surface area contributed by atoms with Crippen LogP contribution in [0.15, 0.2) is 30.0 Å². The predicted molar refractivity (Wildman–Crippen MR) is 50.4 cm³/mol. The maximum Gasteiger partial charge on any atom is 0.116 e. The highest BCUT2D eigenvalue weighted by atomic mass is 35.5. The lowest BCUT2D eigenvalue weighted by atomic mass is 10.3. The van der Waals surface area contributed by atoms with Gasteiger partial charge in [0.05, 0.1) is 9.90 Å². The van der Waals surface area contributed by atoms with E-state index in [1.165, 1.54) is 6.33 Å². The van der Waals surface area contributed by atoms with Gasteiger partial charge in [0.2, 0.25) is 0 Å². The van der Waals surface area contributed by atoms with Crippen LogP contribution in [0.3, 0.4) is 0 Å². The minimum atomic E-state index is 0.597. The van der Waals surface area contributed by atoms with Gasteiger partial charge in [0, 0.05) is 6.20 Å². The minimum absolute atomic E-state index is 0.597. The Balaban J connectivity index is 2.55. The number of hydrogen-bond acceptors (Lipinski definition) is 3. The SMILES string of the molecule is Clc1cncnc1-c1cccs1. The van der Waals surface area contributed by atoms with E-state index in [0.717, 1.165) is 10.6 Å². The molecule has 0 saturated heterocycles. The molecule has 0 radical (unpaired) electrons. The fourth-order valence-electron chi connectivity index (χ4n) is 0.907. The van der Waals surface area contributed by atoms with E-state index in [9.17, 15) is 0 Å². The third-order valence-corrected chi connectivity index (χ3v) is 2.58. The molecule has 0 aromatic carbocycles. The molecule has 2 heterocycles. The summed E-state index contributed by atoms with van der Waals surface area (Å²) in [5, 5.41) is 2.59. The Morgan fingerprint density at radius 2 is 2.33 bits per heavy atom. The van der Waals surface area contributed by atoms with Crippen LogP contribution in [0.5, 0.6) is 0 Å². The summed E-state index contributed by atoms with van der Waals surface area (Å²) in [5.41, 5.74) is 0.807. The van der Waals surface area contributed by atoms with E-state index in [1.54, 1.807) is 17.5 Å². The summed E-state index contributed by atoms with van der Waals surface area (Å²) >= 11 is 7.51. The first-order chi connectivity index (χ1) is 5.88. The van der Waals surface area contributed by atoms with Crippen molar-refractivity contribution in [3.8, 4) is 10.6 Å². The molecular weight excluding hydrogens is 192 g/mol. The minimum Gasteiger partial charge on any atom is -0.243 e. The average molecular weight is 197 g/mol. The maximum atomic E-state index is 5.90. The fraction of sp³-hybridized carbons (Fsp3) is 0. The lowest BCUT2D eigenvalue weighted by Crippen LogP contribution is -1.82. The first-order valence-corrected chi connectivity index (χ1v) is 4.63. The second-order valence-corrected chi connectivity index (χ2v) is 3.55. The molecule has 0 fully saturated rings. The van der Waals surface area contributed by atoms with E-state index in [0.29, 0.717) is 5.02 Å². The van der Waals surface area contributed by atoms with Crippen molar-refractivity contribution in [1.29, 1.82) is 0 Å². The zero-order valence-electron chi connectivity index (χ0n) is 6.07. The smallest absolute Gasteiger partial charge is 0.116 e. The van der Waals surface area contributed by atoms with Gasteiger partial charge in [-0.3, -0.25) is 0 Å². The van der Waals surface area contributed by atoms with Crippen molar-refractivity contribution in [2.24, 2.45) is 0 Å². The van der Waals surface area contributed by atoms with Crippen LogP contribution >= 0.6 is 22.9 Å². The highest BCUT2D eigenvalue weighted by molar-refractivity contribution is 7.13. The van der Waals surface area contributed by atoms with Crippen molar-refractivity contribution in [2.75, 3.05) is 0 Å². The van der Waals surface area contributed by atoms with Crippen molar-refractivity contribution in [1.82, 2.24) is 9.97 Å². The quantitative estimate of drug-likeness (QED) is 0.701. The van der Waals surface area contributed by atoms with Gasteiger partial charge < -0.3 is 0 Å². The molecule has 0 aliphatic carbocycles. The molecule has 2 rings (SSSR count). The molecular formula is C8H5ClN2S. The first-order valence-electron chi connectivity index (χ1n) is 3.37. The number of thiophene rings is 1. The van der Waals surface area contributed by atoms with E-state index < -0.39 is 0 Å². The number of nitrogens with zero attached hydrogens (tertiary/aromatic N) is 2. The van der Waals surface area contributed by atoms with Crippen LogP contribution < -0.4 is 0 Å². The monoisotopic (exact) mass is 196 g/mol. The van der Waals surface area contributed by atoms with Crippen LogP contribution in [0.25, 0.3) is 10.6 Å². The molecule has 0 N–H and O–H groups in total. The normalized spacial score (nSPS) is 10.1. The van der Waals surface area contributed by atoms with E-state index in [-0.39, 0.29) is 0 Å². The molecule has 12 heavy (non-hydrogen) atoms. The molecule has 0 aliphatic heterocycles. The zero-order chi connectivity index (χ0) is 8.39. The summed E-state index contributed by atoms with van der Waals surface area (Å²) in [5.74, 6) is 0. The molecule has 60 valence electrons. The van der Waals surface area contributed by atoms with Gasteiger partial charge in [0.15, 0.2) is 0 Å². The average Bonchev–Trinajstić information content (AvgIpc) is 2.57. The highest BCUT2D eigenvalue weighted by Gasteiger charge is 2.04. The molecule has 0 saturated carbocycles. The molecule has 0 aliphatic rings. The fourth-order valence-corrected chi connectivity index (χ4v) is 1.91. The lowest BCUT2D eigenvalue weighted by molar-refractivity contribution is 1.18. The standard InChI is InChI=1S/C8H5ClN2S/c9-6-4-10-5-11-8(6)7-2-1-3-12-7/h1-5H. The second-order valence-electron chi connectivity index (χ2n) is 2.20. The Morgan fingerprint density at radius 1 is 1.42 bits per heavy atom. The molecule has 0 bridgehead atoms. The summed E-state index contributed by atoms with van der Waals surface area (Å²) < 4.78 is 0. The van der Waals surface area contributed by atoms with Crippen LogP contribution in [-0.2, 0) is 0 Å². The van der Waals surface area contributed by atoms with Crippen molar-refractivity contribution in [2.45, 2.75) is 0 Å². The summed E-state index contributed by atoms with van der Waals surface area (Å²) in [4.78, 5) is 8.98. The Bertz CT molecular complexity index is 372. The van der Waals surface area contributed by atoms with E-state index >= 15 is 0 Å². The zero-order valence-corrected chi connectivity index (χ0v) is 7.64. The van der Waals surface area contributed by atoms with Crippen molar-refractivity contribution in [3.05, 3.63) is 35.1 Å². The van der Waals surface area contributed by atoms with Gasteiger partial charge in [0.25, 0.3) is 0 Å². The summed E-state index contributed by atoms with van der Waals surface area (Å²) in [6, 6.07) is 3.96. The molecule has 2 aromatic rings. The Labute approximate surface area is 78.9 Å². The number of hydrogen-bond donors (Lipinski definition) is 0. The van der Waals surface area contributed by atoms with Crippen LogP contribution in [-0.4, -0.2) is 9.97 Å². The van der Waals surface area contributed by atoms with Crippen LogP contribution in [0.4, 0.5) is 0 Å².